The number of fused-ring (bicyclic) bond motifs is 1. The number of carbonyl (C=O) groups is 1. The molecule has 0 aliphatic rings. The summed E-state index contributed by atoms with van der Waals surface area (Å²) in [6, 6.07) is 12.7. The van der Waals surface area contributed by atoms with Crippen LogP contribution >= 0.6 is 15.9 Å². The van der Waals surface area contributed by atoms with Gasteiger partial charge in [0.2, 0.25) is 0 Å². The van der Waals surface area contributed by atoms with E-state index >= 15 is 0 Å². The van der Waals surface area contributed by atoms with Crippen molar-refractivity contribution in [2.24, 2.45) is 0 Å². The summed E-state index contributed by atoms with van der Waals surface area (Å²) >= 11 is 3.38. The molecule has 0 unspecified atom stereocenters. The van der Waals surface area contributed by atoms with E-state index in [1.54, 1.807) is 6.07 Å². The molecule has 1 N–H and O–H groups in total. The van der Waals surface area contributed by atoms with Crippen molar-refractivity contribution in [1.29, 1.82) is 0 Å². The van der Waals surface area contributed by atoms with Gasteiger partial charge in [-0.15, -0.1) is 10.2 Å². The Labute approximate surface area is 130 Å². The normalized spacial score (nSPS) is 12.3. The number of carbonyl (C=O) groups excluding carboxylic acids is 1. The Morgan fingerprint density at radius 3 is 2.76 bits per heavy atom. The SMILES string of the molecule is C[C@@H](NC(=O)c1ccccc1Br)c1nnc2ccccn12. The molecule has 0 saturated carbocycles. The van der Waals surface area contributed by atoms with Gasteiger partial charge < -0.3 is 5.32 Å². The molecule has 3 rings (SSSR count). The van der Waals surface area contributed by atoms with Crippen LogP contribution in [-0.4, -0.2) is 20.5 Å². The molecule has 1 atom stereocenters. The van der Waals surface area contributed by atoms with Crippen LogP contribution in [0.15, 0.2) is 53.1 Å². The first kappa shape index (κ1) is 13.8. The summed E-state index contributed by atoms with van der Waals surface area (Å²) in [5.41, 5.74) is 1.35. The first-order valence-electron chi connectivity index (χ1n) is 6.52. The molecule has 6 heteroatoms. The third kappa shape index (κ3) is 2.67. The van der Waals surface area contributed by atoms with E-state index in [4.69, 9.17) is 0 Å². The zero-order valence-corrected chi connectivity index (χ0v) is 12.9. The fourth-order valence-corrected chi connectivity index (χ4v) is 2.60. The first-order valence-corrected chi connectivity index (χ1v) is 7.31. The number of nitrogens with one attached hydrogen (secondary N) is 1. The van der Waals surface area contributed by atoms with Gasteiger partial charge in [-0.25, -0.2) is 0 Å². The monoisotopic (exact) mass is 344 g/mol. The second-order valence-electron chi connectivity index (χ2n) is 4.66. The standard InChI is InChI=1S/C15H13BrN4O/c1-10(14-19-18-13-8-4-5-9-20(13)14)17-15(21)11-6-2-3-7-12(11)16/h2-10H,1H3,(H,17,21)/t10-/m1/s1. The molecule has 0 aliphatic heterocycles. The molecule has 106 valence electrons. The highest BCUT2D eigenvalue weighted by molar-refractivity contribution is 9.10. The third-order valence-electron chi connectivity index (χ3n) is 3.19. The van der Waals surface area contributed by atoms with Crippen molar-refractivity contribution in [1.82, 2.24) is 19.9 Å². The fourth-order valence-electron chi connectivity index (χ4n) is 2.14. The van der Waals surface area contributed by atoms with Crippen LogP contribution in [0.2, 0.25) is 0 Å². The molecular weight excluding hydrogens is 332 g/mol. The molecule has 2 heterocycles. The maximum absolute atomic E-state index is 12.3. The fraction of sp³-hybridized carbons (Fsp3) is 0.133. The Balaban J connectivity index is 1.85. The lowest BCUT2D eigenvalue weighted by Crippen LogP contribution is -2.28. The molecular formula is C15H13BrN4O. The minimum Gasteiger partial charge on any atom is -0.342 e. The summed E-state index contributed by atoms with van der Waals surface area (Å²) < 4.78 is 2.63. The van der Waals surface area contributed by atoms with Gasteiger partial charge >= 0.3 is 0 Å². The quantitative estimate of drug-likeness (QED) is 0.794. The van der Waals surface area contributed by atoms with E-state index in [1.165, 1.54) is 0 Å². The van der Waals surface area contributed by atoms with Crippen LogP contribution in [0, 0.1) is 0 Å². The summed E-state index contributed by atoms with van der Waals surface area (Å²) in [7, 11) is 0. The second kappa shape index (κ2) is 5.65. The van der Waals surface area contributed by atoms with Crippen molar-refractivity contribution in [2.75, 3.05) is 0 Å². The molecule has 1 amide bonds. The smallest absolute Gasteiger partial charge is 0.253 e. The molecule has 0 bridgehead atoms. The summed E-state index contributed by atoms with van der Waals surface area (Å²) in [5.74, 6) is 0.550. The molecule has 2 aromatic heterocycles. The van der Waals surface area contributed by atoms with Crippen molar-refractivity contribution < 1.29 is 4.79 Å². The van der Waals surface area contributed by atoms with E-state index in [0.717, 1.165) is 10.1 Å². The lowest BCUT2D eigenvalue weighted by molar-refractivity contribution is 0.0937. The zero-order valence-electron chi connectivity index (χ0n) is 11.3. The molecule has 1 aromatic carbocycles. The van der Waals surface area contributed by atoms with Crippen LogP contribution in [0.25, 0.3) is 5.65 Å². The number of aromatic nitrogens is 3. The topological polar surface area (TPSA) is 59.3 Å². The highest BCUT2D eigenvalue weighted by atomic mass is 79.9. The number of benzene rings is 1. The van der Waals surface area contributed by atoms with Gasteiger partial charge in [0.1, 0.15) is 0 Å². The average Bonchev–Trinajstić information content (AvgIpc) is 2.91. The Morgan fingerprint density at radius 2 is 1.95 bits per heavy atom. The lowest BCUT2D eigenvalue weighted by atomic mass is 10.2. The number of pyridine rings is 1. The van der Waals surface area contributed by atoms with Gasteiger partial charge in [0, 0.05) is 10.7 Å². The van der Waals surface area contributed by atoms with E-state index in [-0.39, 0.29) is 11.9 Å². The van der Waals surface area contributed by atoms with Crippen molar-refractivity contribution in [3.05, 3.63) is 64.5 Å². The summed E-state index contributed by atoms with van der Waals surface area (Å²) in [6.45, 7) is 1.89. The van der Waals surface area contributed by atoms with Gasteiger partial charge in [0.25, 0.3) is 5.91 Å². The molecule has 0 spiro atoms. The highest BCUT2D eigenvalue weighted by Crippen LogP contribution is 2.18. The van der Waals surface area contributed by atoms with E-state index in [2.05, 4.69) is 31.4 Å². The molecule has 0 radical (unpaired) electrons. The largest absolute Gasteiger partial charge is 0.342 e. The maximum Gasteiger partial charge on any atom is 0.253 e. The van der Waals surface area contributed by atoms with Gasteiger partial charge in [-0.05, 0) is 47.1 Å². The lowest BCUT2D eigenvalue weighted by Gasteiger charge is -2.13. The first-order chi connectivity index (χ1) is 10.2. The highest BCUT2D eigenvalue weighted by Gasteiger charge is 2.17. The van der Waals surface area contributed by atoms with E-state index in [0.29, 0.717) is 11.4 Å². The van der Waals surface area contributed by atoms with E-state index in [9.17, 15) is 4.79 Å². The Kier molecular flexibility index (Phi) is 3.70. The Hall–Kier alpha value is -2.21. The molecule has 0 fully saturated rings. The minimum atomic E-state index is -0.248. The molecule has 0 aliphatic carbocycles. The number of halogens is 1. The number of nitrogens with zero attached hydrogens (tertiary/aromatic N) is 3. The Morgan fingerprint density at radius 1 is 1.19 bits per heavy atom. The van der Waals surface area contributed by atoms with Crippen molar-refractivity contribution in [2.45, 2.75) is 13.0 Å². The summed E-state index contributed by atoms with van der Waals surface area (Å²) in [5, 5.41) is 11.2. The average molecular weight is 345 g/mol. The van der Waals surface area contributed by atoms with Crippen LogP contribution in [0.3, 0.4) is 0 Å². The van der Waals surface area contributed by atoms with Crippen LogP contribution in [0.1, 0.15) is 29.1 Å². The van der Waals surface area contributed by atoms with Crippen LogP contribution < -0.4 is 5.32 Å². The zero-order chi connectivity index (χ0) is 14.8. The molecule has 5 nitrogen and oxygen atoms in total. The predicted molar refractivity (Wildman–Crippen MR) is 83.0 cm³/mol. The number of amides is 1. The third-order valence-corrected chi connectivity index (χ3v) is 3.88. The van der Waals surface area contributed by atoms with Gasteiger partial charge in [0.15, 0.2) is 11.5 Å². The van der Waals surface area contributed by atoms with Crippen molar-refractivity contribution in [3.63, 3.8) is 0 Å². The maximum atomic E-state index is 12.3. The summed E-state index contributed by atoms with van der Waals surface area (Å²) in [6.07, 6.45) is 1.88. The van der Waals surface area contributed by atoms with Gasteiger partial charge in [-0.2, -0.15) is 0 Å². The molecule has 21 heavy (non-hydrogen) atoms. The number of hydrogen-bond acceptors (Lipinski definition) is 3. The van der Waals surface area contributed by atoms with Crippen molar-refractivity contribution >= 4 is 27.5 Å². The molecule has 3 aromatic rings. The van der Waals surface area contributed by atoms with Crippen molar-refractivity contribution in [3.8, 4) is 0 Å². The van der Waals surface area contributed by atoms with Crippen LogP contribution in [0.4, 0.5) is 0 Å². The predicted octanol–water partition coefficient (Wildman–Crippen LogP) is 2.98. The minimum absolute atomic E-state index is 0.150. The van der Waals surface area contributed by atoms with Gasteiger partial charge in [-0.3, -0.25) is 9.20 Å². The van der Waals surface area contributed by atoms with Crippen LogP contribution in [-0.2, 0) is 0 Å². The van der Waals surface area contributed by atoms with Gasteiger partial charge in [-0.1, -0.05) is 18.2 Å². The number of rotatable bonds is 3. The van der Waals surface area contributed by atoms with E-state index < -0.39 is 0 Å². The summed E-state index contributed by atoms with van der Waals surface area (Å²) in [4.78, 5) is 12.3. The number of hydrogen-bond donors (Lipinski definition) is 1. The van der Waals surface area contributed by atoms with Crippen LogP contribution in [0.5, 0.6) is 0 Å². The Bertz CT molecular complexity index is 799. The van der Waals surface area contributed by atoms with Gasteiger partial charge in [0.05, 0.1) is 11.6 Å². The molecule has 0 saturated heterocycles. The second-order valence-corrected chi connectivity index (χ2v) is 5.52. The van der Waals surface area contributed by atoms with E-state index in [1.807, 2.05) is 53.9 Å².